The maximum absolute atomic E-state index is 12.9. The normalized spacial score (nSPS) is 16.2. The lowest BCUT2D eigenvalue weighted by atomic mass is 9.83. The number of amides is 1. The Balaban J connectivity index is 2.18. The molecule has 0 aliphatic heterocycles. The summed E-state index contributed by atoms with van der Waals surface area (Å²) in [5.41, 5.74) is 0.145. The topological polar surface area (TPSA) is 71.3 Å². The number of carbonyl (C=O) groups excluding carboxylic acids is 1. The number of nitrogens with one attached hydrogen (secondary N) is 1. The molecule has 1 fully saturated rings. The number of nitriles is 1. The van der Waals surface area contributed by atoms with Crippen LogP contribution in [0.3, 0.4) is 0 Å². The zero-order valence-electron chi connectivity index (χ0n) is 14.6. The van der Waals surface area contributed by atoms with Gasteiger partial charge in [0.2, 0.25) is 0 Å². The standard InChI is InChI=1S/C19H26N2O3/c1-3-12-24-19(10-6-5-7-11-19)18(22)21-17-9-8-16(23-4-2)13-15(17)14-20/h8-9,13H,3-7,10-12H2,1-2H3,(H,21,22). The highest BCUT2D eigenvalue weighted by Crippen LogP contribution is 2.33. The lowest BCUT2D eigenvalue weighted by Crippen LogP contribution is -2.47. The van der Waals surface area contributed by atoms with Crippen molar-refractivity contribution in [3.63, 3.8) is 0 Å². The van der Waals surface area contributed by atoms with E-state index in [4.69, 9.17) is 9.47 Å². The summed E-state index contributed by atoms with van der Waals surface area (Å²) >= 11 is 0. The first-order valence-corrected chi connectivity index (χ1v) is 8.77. The summed E-state index contributed by atoms with van der Waals surface area (Å²) in [6.07, 6.45) is 5.46. The zero-order valence-corrected chi connectivity index (χ0v) is 14.6. The van der Waals surface area contributed by atoms with Crippen LogP contribution in [0.25, 0.3) is 0 Å². The SMILES string of the molecule is CCCOC1(C(=O)Nc2ccc(OCC)cc2C#N)CCCCC1. The highest BCUT2D eigenvalue weighted by molar-refractivity contribution is 5.98. The van der Waals surface area contributed by atoms with Crippen molar-refractivity contribution >= 4 is 11.6 Å². The second-order valence-corrected chi connectivity index (χ2v) is 6.11. The van der Waals surface area contributed by atoms with E-state index in [1.165, 1.54) is 0 Å². The van der Waals surface area contributed by atoms with Crippen LogP contribution >= 0.6 is 0 Å². The molecule has 0 aromatic heterocycles. The Morgan fingerprint density at radius 3 is 2.67 bits per heavy atom. The molecule has 0 heterocycles. The third-order valence-electron chi connectivity index (χ3n) is 4.33. The third-order valence-corrected chi connectivity index (χ3v) is 4.33. The summed E-state index contributed by atoms with van der Waals surface area (Å²) in [6, 6.07) is 7.26. The molecule has 0 radical (unpaired) electrons. The molecule has 5 nitrogen and oxygen atoms in total. The van der Waals surface area contributed by atoms with Crippen molar-refractivity contribution in [2.24, 2.45) is 0 Å². The van der Waals surface area contributed by atoms with Crippen molar-refractivity contribution in [3.05, 3.63) is 23.8 Å². The van der Waals surface area contributed by atoms with Gasteiger partial charge in [-0.05, 0) is 44.4 Å². The minimum atomic E-state index is -0.764. The average Bonchev–Trinajstić information content (AvgIpc) is 2.62. The molecule has 24 heavy (non-hydrogen) atoms. The van der Waals surface area contributed by atoms with E-state index >= 15 is 0 Å². The van der Waals surface area contributed by atoms with Crippen LogP contribution in [0.15, 0.2) is 18.2 Å². The van der Waals surface area contributed by atoms with E-state index < -0.39 is 5.60 Å². The summed E-state index contributed by atoms with van der Waals surface area (Å²) in [5, 5.41) is 12.3. The van der Waals surface area contributed by atoms with Crippen molar-refractivity contribution in [1.82, 2.24) is 0 Å². The number of hydrogen-bond acceptors (Lipinski definition) is 4. The molecule has 1 aromatic carbocycles. The molecule has 1 aromatic rings. The van der Waals surface area contributed by atoms with E-state index in [1.807, 2.05) is 13.8 Å². The second kappa shape index (κ2) is 8.70. The number of benzene rings is 1. The monoisotopic (exact) mass is 330 g/mol. The van der Waals surface area contributed by atoms with Crippen LogP contribution < -0.4 is 10.1 Å². The zero-order chi connectivity index (χ0) is 17.4. The van der Waals surface area contributed by atoms with Gasteiger partial charge in [-0.25, -0.2) is 0 Å². The van der Waals surface area contributed by atoms with Gasteiger partial charge in [0.25, 0.3) is 5.91 Å². The van der Waals surface area contributed by atoms with Crippen LogP contribution in [0.1, 0.15) is 57.9 Å². The molecular weight excluding hydrogens is 304 g/mol. The van der Waals surface area contributed by atoms with E-state index in [0.29, 0.717) is 30.2 Å². The van der Waals surface area contributed by atoms with Gasteiger partial charge < -0.3 is 14.8 Å². The number of nitrogens with zero attached hydrogens (tertiary/aromatic N) is 1. The smallest absolute Gasteiger partial charge is 0.256 e. The van der Waals surface area contributed by atoms with Gasteiger partial charge >= 0.3 is 0 Å². The molecule has 0 saturated heterocycles. The predicted molar refractivity (Wildman–Crippen MR) is 93.0 cm³/mol. The molecule has 0 spiro atoms. The summed E-state index contributed by atoms with van der Waals surface area (Å²) < 4.78 is 11.4. The fourth-order valence-electron chi connectivity index (χ4n) is 3.07. The summed E-state index contributed by atoms with van der Waals surface area (Å²) in [4.78, 5) is 12.9. The van der Waals surface area contributed by atoms with Gasteiger partial charge in [0.05, 0.1) is 17.9 Å². The second-order valence-electron chi connectivity index (χ2n) is 6.11. The molecule has 1 saturated carbocycles. The number of anilines is 1. The lowest BCUT2D eigenvalue weighted by molar-refractivity contribution is -0.146. The molecule has 1 amide bonds. The molecule has 0 bridgehead atoms. The van der Waals surface area contributed by atoms with E-state index in [1.54, 1.807) is 18.2 Å². The van der Waals surface area contributed by atoms with Crippen molar-refractivity contribution in [2.45, 2.75) is 58.0 Å². The van der Waals surface area contributed by atoms with Gasteiger partial charge in [-0.1, -0.05) is 26.2 Å². The molecule has 1 aliphatic rings. The van der Waals surface area contributed by atoms with Crippen LogP contribution in [0.4, 0.5) is 5.69 Å². The maximum atomic E-state index is 12.9. The van der Waals surface area contributed by atoms with Crippen LogP contribution in [-0.4, -0.2) is 24.7 Å². The van der Waals surface area contributed by atoms with Gasteiger partial charge in [-0.15, -0.1) is 0 Å². The van der Waals surface area contributed by atoms with Crippen molar-refractivity contribution < 1.29 is 14.3 Å². The number of carbonyl (C=O) groups is 1. The Morgan fingerprint density at radius 2 is 2.04 bits per heavy atom. The average molecular weight is 330 g/mol. The highest BCUT2D eigenvalue weighted by Gasteiger charge is 2.40. The lowest BCUT2D eigenvalue weighted by Gasteiger charge is -2.35. The van der Waals surface area contributed by atoms with Crippen molar-refractivity contribution in [2.75, 3.05) is 18.5 Å². The van der Waals surface area contributed by atoms with Gasteiger partial charge in [-0.2, -0.15) is 5.26 Å². The minimum absolute atomic E-state index is 0.142. The summed E-state index contributed by atoms with van der Waals surface area (Å²) in [7, 11) is 0. The maximum Gasteiger partial charge on any atom is 0.256 e. The molecule has 1 N–H and O–H groups in total. The molecule has 0 unspecified atom stereocenters. The summed E-state index contributed by atoms with van der Waals surface area (Å²) in [5.74, 6) is 0.484. The fourth-order valence-corrected chi connectivity index (χ4v) is 3.07. The van der Waals surface area contributed by atoms with Crippen LogP contribution in [0, 0.1) is 11.3 Å². The Hall–Kier alpha value is -2.06. The van der Waals surface area contributed by atoms with E-state index in [2.05, 4.69) is 11.4 Å². The van der Waals surface area contributed by atoms with Crippen LogP contribution in [0.5, 0.6) is 5.75 Å². The Morgan fingerprint density at radius 1 is 1.29 bits per heavy atom. The molecule has 2 rings (SSSR count). The first-order chi connectivity index (χ1) is 11.6. The Labute approximate surface area is 144 Å². The first-order valence-electron chi connectivity index (χ1n) is 8.77. The first kappa shape index (κ1) is 18.3. The quantitative estimate of drug-likeness (QED) is 0.819. The van der Waals surface area contributed by atoms with E-state index in [0.717, 1.165) is 38.5 Å². The van der Waals surface area contributed by atoms with E-state index in [-0.39, 0.29) is 5.91 Å². The fraction of sp³-hybridized carbons (Fsp3) is 0.579. The summed E-state index contributed by atoms with van der Waals surface area (Å²) in [6.45, 7) is 5.03. The van der Waals surface area contributed by atoms with Crippen molar-refractivity contribution in [1.29, 1.82) is 5.26 Å². The molecule has 5 heteroatoms. The molecule has 1 aliphatic carbocycles. The van der Waals surface area contributed by atoms with Crippen LogP contribution in [0.2, 0.25) is 0 Å². The number of rotatable bonds is 7. The highest BCUT2D eigenvalue weighted by atomic mass is 16.5. The number of ether oxygens (including phenoxy) is 2. The largest absolute Gasteiger partial charge is 0.494 e. The predicted octanol–water partition coefficient (Wildman–Crippen LogP) is 4.02. The molecule has 0 atom stereocenters. The van der Waals surface area contributed by atoms with Gasteiger partial charge in [0.15, 0.2) is 0 Å². The third kappa shape index (κ3) is 4.27. The van der Waals surface area contributed by atoms with E-state index in [9.17, 15) is 10.1 Å². The van der Waals surface area contributed by atoms with Gasteiger partial charge in [0, 0.05) is 6.61 Å². The van der Waals surface area contributed by atoms with Crippen molar-refractivity contribution in [3.8, 4) is 11.8 Å². The number of hydrogen-bond donors (Lipinski definition) is 1. The molecule has 130 valence electrons. The minimum Gasteiger partial charge on any atom is -0.494 e. The van der Waals surface area contributed by atoms with Crippen LogP contribution in [-0.2, 0) is 9.53 Å². The Bertz CT molecular complexity index is 601. The molecular formula is C19H26N2O3. The van der Waals surface area contributed by atoms with Gasteiger partial charge in [-0.3, -0.25) is 4.79 Å². The Kier molecular flexibility index (Phi) is 6.62. The van der Waals surface area contributed by atoms with Gasteiger partial charge in [0.1, 0.15) is 17.4 Å².